The molecule has 0 atom stereocenters. The van der Waals surface area contributed by atoms with E-state index in [-0.39, 0.29) is 11.2 Å². The molecule has 1 N–H and O–H groups in total. The van der Waals surface area contributed by atoms with Gasteiger partial charge >= 0.3 is 5.69 Å². The standard InChI is InChI=1S/C14H21ClN4O2/c1-3-8-18-12-11(16-10(17-12)6-5-7-15)13(20)19(9-4-2)14(18)21/h3-9H2,1-2H3,(H,16,17). The first kappa shape index (κ1) is 15.8. The molecule has 0 unspecified atom stereocenters. The highest BCUT2D eigenvalue weighted by atomic mass is 35.5. The summed E-state index contributed by atoms with van der Waals surface area (Å²) in [5, 5.41) is 0. The van der Waals surface area contributed by atoms with Crippen molar-refractivity contribution >= 4 is 22.8 Å². The maximum atomic E-state index is 12.5. The topological polar surface area (TPSA) is 72.7 Å². The Bertz CT molecular complexity index is 729. The van der Waals surface area contributed by atoms with E-state index in [9.17, 15) is 9.59 Å². The minimum absolute atomic E-state index is 0.272. The van der Waals surface area contributed by atoms with Gasteiger partial charge in [-0.3, -0.25) is 13.9 Å². The third-order valence-corrected chi connectivity index (χ3v) is 3.62. The molecule has 0 saturated heterocycles. The number of alkyl halides is 1. The Morgan fingerprint density at radius 3 is 2.43 bits per heavy atom. The number of hydrogen-bond donors (Lipinski definition) is 1. The van der Waals surface area contributed by atoms with Gasteiger partial charge in [-0.05, 0) is 19.3 Å². The summed E-state index contributed by atoms with van der Waals surface area (Å²) in [4.78, 5) is 32.4. The molecule has 6 nitrogen and oxygen atoms in total. The molecule has 0 radical (unpaired) electrons. The van der Waals surface area contributed by atoms with Gasteiger partial charge in [-0.1, -0.05) is 13.8 Å². The van der Waals surface area contributed by atoms with Crippen LogP contribution in [0.3, 0.4) is 0 Å². The van der Waals surface area contributed by atoms with Crippen molar-refractivity contribution in [1.29, 1.82) is 0 Å². The van der Waals surface area contributed by atoms with Gasteiger partial charge in [0.05, 0.1) is 0 Å². The van der Waals surface area contributed by atoms with Gasteiger partial charge < -0.3 is 4.98 Å². The Labute approximate surface area is 127 Å². The number of aromatic nitrogens is 4. The highest BCUT2D eigenvalue weighted by Crippen LogP contribution is 2.08. The van der Waals surface area contributed by atoms with Gasteiger partial charge in [-0.15, -0.1) is 11.6 Å². The number of nitrogens with one attached hydrogen (secondary N) is 1. The van der Waals surface area contributed by atoms with E-state index >= 15 is 0 Å². The van der Waals surface area contributed by atoms with Crippen LogP contribution >= 0.6 is 11.6 Å². The predicted octanol–water partition coefficient (Wildman–Crippen LogP) is 1.88. The van der Waals surface area contributed by atoms with Crippen LogP contribution < -0.4 is 11.2 Å². The molecule has 0 fully saturated rings. The van der Waals surface area contributed by atoms with Crippen molar-refractivity contribution in [2.45, 2.75) is 52.6 Å². The maximum Gasteiger partial charge on any atom is 0.332 e. The van der Waals surface area contributed by atoms with Crippen molar-refractivity contribution in [2.75, 3.05) is 5.88 Å². The summed E-state index contributed by atoms with van der Waals surface area (Å²) < 4.78 is 2.88. The van der Waals surface area contributed by atoms with E-state index in [0.717, 1.165) is 19.3 Å². The third-order valence-electron chi connectivity index (χ3n) is 3.35. The van der Waals surface area contributed by atoms with Crippen LogP contribution in [0, 0.1) is 0 Å². The third kappa shape index (κ3) is 3.05. The second-order valence-electron chi connectivity index (χ2n) is 5.07. The summed E-state index contributed by atoms with van der Waals surface area (Å²) in [6, 6.07) is 0. The second-order valence-corrected chi connectivity index (χ2v) is 5.44. The Hall–Kier alpha value is -1.56. The average molecular weight is 313 g/mol. The fraction of sp³-hybridized carbons (Fsp3) is 0.643. The summed E-state index contributed by atoms with van der Waals surface area (Å²) in [6.07, 6.45) is 3.00. The molecule has 0 aliphatic heterocycles. The summed E-state index contributed by atoms with van der Waals surface area (Å²) >= 11 is 5.69. The molecule has 2 heterocycles. The van der Waals surface area contributed by atoms with Gasteiger partial charge in [0, 0.05) is 25.4 Å². The molecule has 0 amide bonds. The van der Waals surface area contributed by atoms with E-state index in [1.54, 1.807) is 4.57 Å². The van der Waals surface area contributed by atoms with Gasteiger partial charge in [0.1, 0.15) is 11.3 Å². The van der Waals surface area contributed by atoms with E-state index < -0.39 is 0 Å². The van der Waals surface area contributed by atoms with Crippen LogP contribution in [-0.4, -0.2) is 25.0 Å². The lowest BCUT2D eigenvalue weighted by atomic mass is 10.3. The lowest BCUT2D eigenvalue weighted by Gasteiger charge is -2.09. The molecule has 0 spiro atoms. The summed E-state index contributed by atoms with van der Waals surface area (Å²) in [5.74, 6) is 1.25. The normalized spacial score (nSPS) is 11.4. The first-order valence-electron chi connectivity index (χ1n) is 7.42. The van der Waals surface area contributed by atoms with Crippen molar-refractivity contribution in [2.24, 2.45) is 0 Å². The highest BCUT2D eigenvalue weighted by Gasteiger charge is 2.16. The maximum absolute atomic E-state index is 12.5. The molecular formula is C14H21ClN4O2. The fourth-order valence-corrected chi connectivity index (χ4v) is 2.55. The van der Waals surface area contributed by atoms with E-state index in [0.29, 0.717) is 42.4 Å². The zero-order chi connectivity index (χ0) is 15.4. The Morgan fingerprint density at radius 2 is 1.81 bits per heavy atom. The number of rotatable bonds is 7. The summed E-state index contributed by atoms with van der Waals surface area (Å²) in [7, 11) is 0. The van der Waals surface area contributed by atoms with E-state index in [4.69, 9.17) is 11.6 Å². The number of nitrogens with zero attached hydrogens (tertiary/aromatic N) is 3. The Morgan fingerprint density at radius 1 is 1.14 bits per heavy atom. The number of imidazole rings is 1. The molecule has 116 valence electrons. The number of aromatic amines is 1. The number of fused-ring (bicyclic) bond motifs is 1. The van der Waals surface area contributed by atoms with Gasteiger partial charge in [0.2, 0.25) is 0 Å². The van der Waals surface area contributed by atoms with Crippen molar-refractivity contribution < 1.29 is 0 Å². The zero-order valence-corrected chi connectivity index (χ0v) is 13.2. The monoisotopic (exact) mass is 312 g/mol. The largest absolute Gasteiger partial charge is 0.336 e. The first-order chi connectivity index (χ1) is 10.1. The van der Waals surface area contributed by atoms with Crippen LogP contribution in [0.5, 0.6) is 0 Å². The van der Waals surface area contributed by atoms with Crippen molar-refractivity contribution in [3.05, 3.63) is 26.7 Å². The molecule has 0 aliphatic carbocycles. The fourth-order valence-electron chi connectivity index (χ4n) is 2.41. The van der Waals surface area contributed by atoms with Gasteiger partial charge in [-0.25, -0.2) is 9.78 Å². The average Bonchev–Trinajstić information content (AvgIpc) is 2.90. The van der Waals surface area contributed by atoms with Crippen molar-refractivity contribution in [3.8, 4) is 0 Å². The molecule has 2 rings (SSSR count). The number of H-pyrrole nitrogens is 1. The second kappa shape index (κ2) is 6.93. The number of halogens is 1. The minimum Gasteiger partial charge on any atom is -0.336 e. The summed E-state index contributed by atoms with van der Waals surface area (Å²) in [6.45, 7) is 4.92. The molecule has 0 aromatic carbocycles. The summed E-state index contributed by atoms with van der Waals surface area (Å²) in [5.41, 5.74) is 0.324. The van der Waals surface area contributed by atoms with Crippen LogP contribution in [0.25, 0.3) is 11.2 Å². The number of aryl methyl sites for hydroxylation is 2. The Kier molecular flexibility index (Phi) is 5.22. The quantitative estimate of drug-likeness (QED) is 0.793. The molecule has 21 heavy (non-hydrogen) atoms. The van der Waals surface area contributed by atoms with Crippen molar-refractivity contribution in [3.63, 3.8) is 0 Å². The van der Waals surface area contributed by atoms with Crippen LogP contribution in [0.4, 0.5) is 0 Å². The Balaban J connectivity index is 2.67. The number of hydrogen-bond acceptors (Lipinski definition) is 3. The van der Waals surface area contributed by atoms with Crippen LogP contribution in [0.1, 0.15) is 38.9 Å². The first-order valence-corrected chi connectivity index (χ1v) is 7.95. The van der Waals surface area contributed by atoms with E-state index in [1.807, 2.05) is 13.8 Å². The molecule has 0 saturated carbocycles. The molecule has 7 heteroatoms. The molecule has 0 aliphatic rings. The van der Waals surface area contributed by atoms with Gasteiger partial charge in [0.15, 0.2) is 5.65 Å². The molecular weight excluding hydrogens is 292 g/mol. The zero-order valence-electron chi connectivity index (χ0n) is 12.5. The SMILES string of the molecule is CCCn1c(=O)c2[nH]c(CCCCl)nc2n(CCC)c1=O. The lowest BCUT2D eigenvalue weighted by Crippen LogP contribution is -2.40. The molecule has 2 aromatic rings. The predicted molar refractivity (Wildman–Crippen MR) is 84.2 cm³/mol. The van der Waals surface area contributed by atoms with Gasteiger partial charge in [-0.2, -0.15) is 0 Å². The van der Waals surface area contributed by atoms with E-state index in [1.165, 1.54) is 4.57 Å². The van der Waals surface area contributed by atoms with Crippen molar-refractivity contribution in [1.82, 2.24) is 19.1 Å². The van der Waals surface area contributed by atoms with Gasteiger partial charge in [0.25, 0.3) is 5.56 Å². The van der Waals surface area contributed by atoms with Crippen LogP contribution in [-0.2, 0) is 19.5 Å². The smallest absolute Gasteiger partial charge is 0.332 e. The van der Waals surface area contributed by atoms with Crippen LogP contribution in [0.15, 0.2) is 9.59 Å². The molecule has 0 bridgehead atoms. The van der Waals surface area contributed by atoms with Crippen LogP contribution in [0.2, 0.25) is 0 Å². The molecule has 2 aromatic heterocycles. The lowest BCUT2D eigenvalue weighted by molar-refractivity contribution is 0.555. The van der Waals surface area contributed by atoms with E-state index in [2.05, 4.69) is 9.97 Å². The highest BCUT2D eigenvalue weighted by molar-refractivity contribution is 6.17. The minimum atomic E-state index is -0.283.